The highest BCUT2D eigenvalue weighted by Gasteiger charge is 2.31. The lowest BCUT2D eigenvalue weighted by atomic mass is 10.2. The Balaban J connectivity index is 1.66. The van der Waals surface area contributed by atoms with E-state index in [0.29, 0.717) is 28.6 Å². The molecule has 0 bridgehead atoms. The maximum atomic E-state index is 12.7. The fourth-order valence-electron chi connectivity index (χ4n) is 2.69. The minimum absolute atomic E-state index is 0.187. The van der Waals surface area contributed by atoms with E-state index in [4.69, 9.17) is 16.3 Å². The second kappa shape index (κ2) is 8.74. The number of hydrogen-bond acceptors (Lipinski definition) is 4. The molecule has 3 rings (SSSR count). The zero-order valence-corrected chi connectivity index (χ0v) is 16.9. The van der Waals surface area contributed by atoms with Crippen LogP contribution >= 0.6 is 11.6 Å². The highest BCUT2D eigenvalue weighted by molar-refractivity contribution is 6.30. The number of carbonyl (C=O) groups excluding carboxylic acids is 1. The van der Waals surface area contributed by atoms with E-state index in [1.54, 1.807) is 38.2 Å². The van der Waals surface area contributed by atoms with Gasteiger partial charge in [0.15, 0.2) is 5.82 Å². The second-order valence-electron chi connectivity index (χ2n) is 6.49. The Morgan fingerprint density at radius 3 is 2.63 bits per heavy atom. The average Bonchev–Trinajstić information content (AvgIpc) is 3.08. The molecule has 0 spiro atoms. The summed E-state index contributed by atoms with van der Waals surface area (Å²) in [7, 11) is 1.62. The maximum Gasteiger partial charge on any atom is 0.417 e. The second-order valence-corrected chi connectivity index (χ2v) is 6.93. The molecule has 10 heteroatoms. The van der Waals surface area contributed by atoms with Crippen LogP contribution in [-0.2, 0) is 6.18 Å². The largest absolute Gasteiger partial charge is 0.492 e. The van der Waals surface area contributed by atoms with Crippen LogP contribution in [0.5, 0.6) is 5.75 Å². The lowest BCUT2D eigenvalue weighted by Crippen LogP contribution is -2.31. The van der Waals surface area contributed by atoms with Crippen LogP contribution in [0.3, 0.4) is 0 Å². The number of pyridine rings is 1. The number of likely N-dealkylation sites (N-methyl/N-ethyl adjacent to an activating group) is 1. The molecule has 1 aromatic carbocycles. The van der Waals surface area contributed by atoms with Crippen molar-refractivity contribution >= 4 is 17.5 Å². The van der Waals surface area contributed by atoms with E-state index in [0.717, 1.165) is 12.3 Å². The number of aromatic nitrogens is 3. The van der Waals surface area contributed by atoms with Gasteiger partial charge in [-0.05, 0) is 37.3 Å². The van der Waals surface area contributed by atoms with Crippen molar-refractivity contribution in [2.24, 2.45) is 0 Å². The fourth-order valence-corrected chi connectivity index (χ4v) is 2.87. The normalized spacial score (nSPS) is 11.4. The Morgan fingerprint density at radius 1 is 1.23 bits per heavy atom. The summed E-state index contributed by atoms with van der Waals surface area (Å²) in [6.45, 7) is 2.22. The summed E-state index contributed by atoms with van der Waals surface area (Å²) in [5.74, 6) is 0.493. The summed E-state index contributed by atoms with van der Waals surface area (Å²) < 4.78 is 45.0. The van der Waals surface area contributed by atoms with Gasteiger partial charge in [-0.1, -0.05) is 17.7 Å². The van der Waals surface area contributed by atoms with Crippen LogP contribution in [0.2, 0.25) is 5.02 Å². The Hall–Kier alpha value is -3.07. The van der Waals surface area contributed by atoms with Crippen molar-refractivity contribution in [3.05, 3.63) is 70.6 Å². The first-order chi connectivity index (χ1) is 14.2. The molecule has 158 valence electrons. The molecule has 0 atom stereocenters. The van der Waals surface area contributed by atoms with E-state index in [9.17, 15) is 18.0 Å². The predicted molar refractivity (Wildman–Crippen MR) is 105 cm³/mol. The van der Waals surface area contributed by atoms with Crippen LogP contribution < -0.4 is 4.74 Å². The first kappa shape index (κ1) is 21.6. The van der Waals surface area contributed by atoms with E-state index in [-0.39, 0.29) is 18.3 Å². The van der Waals surface area contributed by atoms with Gasteiger partial charge in [0.2, 0.25) is 0 Å². The topological polar surface area (TPSA) is 60.3 Å². The molecule has 2 aromatic heterocycles. The molecule has 6 nitrogen and oxygen atoms in total. The van der Waals surface area contributed by atoms with Crippen molar-refractivity contribution in [2.45, 2.75) is 13.1 Å². The van der Waals surface area contributed by atoms with Gasteiger partial charge in [-0.25, -0.2) is 9.67 Å². The number of rotatable bonds is 6. The van der Waals surface area contributed by atoms with Crippen LogP contribution in [0.15, 0.2) is 48.8 Å². The van der Waals surface area contributed by atoms with Gasteiger partial charge in [-0.3, -0.25) is 4.79 Å². The number of ether oxygens (including phenoxy) is 1. The van der Waals surface area contributed by atoms with Crippen molar-refractivity contribution in [3.63, 3.8) is 0 Å². The lowest BCUT2D eigenvalue weighted by Gasteiger charge is -2.17. The SMILES string of the molecule is Cc1c(C(=O)N(C)CCOc2cccc(Cl)c2)cnn1-c1ccc(C(F)(F)F)cn1. The van der Waals surface area contributed by atoms with Crippen molar-refractivity contribution in [2.75, 3.05) is 20.2 Å². The van der Waals surface area contributed by atoms with Crippen LogP contribution in [0.1, 0.15) is 21.6 Å². The van der Waals surface area contributed by atoms with Crippen LogP contribution in [0.25, 0.3) is 5.82 Å². The Kier molecular flexibility index (Phi) is 6.31. The Bertz CT molecular complexity index is 1040. The standard InChI is InChI=1S/C20H18ClF3N4O2/c1-13-17(12-26-28(13)18-7-6-14(11-25-18)20(22,23)24)19(29)27(2)8-9-30-16-5-3-4-15(21)10-16/h3-7,10-12H,8-9H2,1-2H3. The van der Waals surface area contributed by atoms with Crippen molar-refractivity contribution in [3.8, 4) is 11.6 Å². The van der Waals surface area contributed by atoms with E-state index >= 15 is 0 Å². The van der Waals surface area contributed by atoms with Gasteiger partial charge in [-0.15, -0.1) is 0 Å². The number of alkyl halides is 3. The third-order valence-corrected chi connectivity index (χ3v) is 4.61. The summed E-state index contributed by atoms with van der Waals surface area (Å²) in [6.07, 6.45) is -2.37. The minimum atomic E-state index is -4.47. The third kappa shape index (κ3) is 4.91. The summed E-state index contributed by atoms with van der Waals surface area (Å²) in [6, 6.07) is 9.06. The predicted octanol–water partition coefficient (Wildman–Crippen LogP) is 4.40. The summed E-state index contributed by atoms with van der Waals surface area (Å²) in [5.41, 5.74) is -0.0661. The Labute approximate surface area is 175 Å². The van der Waals surface area contributed by atoms with Crippen molar-refractivity contribution < 1.29 is 22.7 Å². The molecule has 0 aliphatic heterocycles. The van der Waals surface area contributed by atoms with Crippen molar-refractivity contribution in [1.29, 1.82) is 0 Å². The number of benzene rings is 1. The average molecular weight is 439 g/mol. The number of nitrogens with zero attached hydrogens (tertiary/aromatic N) is 4. The number of amides is 1. The molecule has 0 aliphatic carbocycles. The summed E-state index contributed by atoms with van der Waals surface area (Å²) >= 11 is 5.90. The Morgan fingerprint density at radius 2 is 2.00 bits per heavy atom. The molecule has 0 unspecified atom stereocenters. The summed E-state index contributed by atoms with van der Waals surface area (Å²) in [4.78, 5) is 18.0. The molecule has 3 aromatic rings. The third-order valence-electron chi connectivity index (χ3n) is 4.37. The zero-order chi connectivity index (χ0) is 21.9. The van der Waals surface area contributed by atoms with Gasteiger partial charge in [-0.2, -0.15) is 18.3 Å². The smallest absolute Gasteiger partial charge is 0.417 e. The quantitative estimate of drug-likeness (QED) is 0.572. The van der Waals surface area contributed by atoms with E-state index < -0.39 is 11.7 Å². The number of hydrogen-bond donors (Lipinski definition) is 0. The highest BCUT2D eigenvalue weighted by atomic mass is 35.5. The highest BCUT2D eigenvalue weighted by Crippen LogP contribution is 2.29. The number of carbonyl (C=O) groups is 1. The molecular weight excluding hydrogens is 421 g/mol. The minimum Gasteiger partial charge on any atom is -0.492 e. The first-order valence-electron chi connectivity index (χ1n) is 8.89. The molecule has 0 aliphatic rings. The van der Waals surface area contributed by atoms with E-state index in [2.05, 4.69) is 10.1 Å². The fraction of sp³-hybridized carbons (Fsp3) is 0.250. The van der Waals surface area contributed by atoms with Crippen molar-refractivity contribution in [1.82, 2.24) is 19.7 Å². The molecule has 1 amide bonds. The van der Waals surface area contributed by atoms with Gasteiger partial charge >= 0.3 is 6.18 Å². The molecule has 2 heterocycles. The molecule has 0 saturated carbocycles. The van der Waals surface area contributed by atoms with Gasteiger partial charge in [0.1, 0.15) is 12.4 Å². The monoisotopic (exact) mass is 438 g/mol. The van der Waals surface area contributed by atoms with E-state index in [1.165, 1.54) is 21.8 Å². The first-order valence-corrected chi connectivity index (χ1v) is 9.26. The lowest BCUT2D eigenvalue weighted by molar-refractivity contribution is -0.137. The van der Waals surface area contributed by atoms with E-state index in [1.807, 2.05) is 0 Å². The van der Waals surface area contributed by atoms with Gasteiger partial charge in [0.25, 0.3) is 5.91 Å². The molecular formula is C20H18ClF3N4O2. The van der Waals surface area contributed by atoms with Gasteiger partial charge in [0.05, 0.1) is 29.6 Å². The van der Waals surface area contributed by atoms with Crippen LogP contribution in [0, 0.1) is 6.92 Å². The summed E-state index contributed by atoms with van der Waals surface area (Å²) in [5, 5.41) is 4.65. The van der Waals surface area contributed by atoms with Crippen LogP contribution in [-0.4, -0.2) is 45.8 Å². The molecule has 30 heavy (non-hydrogen) atoms. The molecule has 0 saturated heterocycles. The number of halogens is 4. The van der Waals surface area contributed by atoms with Crippen LogP contribution in [0.4, 0.5) is 13.2 Å². The molecule has 0 fully saturated rings. The zero-order valence-electron chi connectivity index (χ0n) is 16.2. The van der Waals surface area contributed by atoms with Gasteiger partial charge < -0.3 is 9.64 Å². The van der Waals surface area contributed by atoms with Gasteiger partial charge in [0, 0.05) is 18.3 Å². The molecule has 0 radical (unpaired) electrons. The molecule has 0 N–H and O–H groups in total. The maximum absolute atomic E-state index is 12.7.